The number of hydrogen-bond donors (Lipinski definition) is 2. The molecule has 152 valence electrons. The zero-order valence-corrected chi connectivity index (χ0v) is 17.1. The van der Waals surface area contributed by atoms with Crippen LogP contribution in [0, 0.1) is 0 Å². The maximum Gasteiger partial charge on any atom is 0.193 e. The zero-order chi connectivity index (χ0) is 19.9. The van der Waals surface area contributed by atoms with Crippen LogP contribution in [0.3, 0.4) is 0 Å². The number of piperidine rings is 1. The Labute approximate surface area is 172 Å². The third-order valence-corrected chi connectivity index (χ3v) is 5.44. The van der Waals surface area contributed by atoms with Gasteiger partial charge in [-0.2, -0.15) is 0 Å². The van der Waals surface area contributed by atoms with E-state index in [1.54, 1.807) is 0 Å². The van der Waals surface area contributed by atoms with E-state index in [1.165, 1.54) is 16.5 Å². The number of nitrogens with one attached hydrogen (secondary N) is 2. The molecule has 0 spiro atoms. The number of nitrogens with zero attached hydrogens (tertiary/aromatic N) is 2. The van der Waals surface area contributed by atoms with Gasteiger partial charge in [0, 0.05) is 56.1 Å². The summed E-state index contributed by atoms with van der Waals surface area (Å²) in [6, 6.07) is 18.6. The van der Waals surface area contributed by atoms with Crippen LogP contribution in [0.15, 0.2) is 65.8 Å². The minimum absolute atomic E-state index is 0.280. The quantitative estimate of drug-likeness (QED) is 0.489. The Hall–Kier alpha value is -2.95. The molecular weight excluding hydrogens is 360 g/mol. The average Bonchev–Trinajstić information content (AvgIpc) is 3.18. The van der Waals surface area contributed by atoms with Crippen molar-refractivity contribution in [2.75, 3.05) is 26.2 Å². The smallest absolute Gasteiger partial charge is 0.193 e. The van der Waals surface area contributed by atoms with E-state index in [2.05, 4.69) is 52.6 Å². The lowest BCUT2D eigenvalue weighted by Gasteiger charge is -2.34. The minimum atomic E-state index is 0.280. The standard InChI is InChI=1S/C24H30N4O/c1-2-25-24(26-15-12-19-18-27-23-11-7-6-10-22(19)23)28-16-13-21(14-17-28)29-20-8-4-3-5-9-20/h3-11,18,21,27H,2,12-17H2,1H3,(H,25,26). The monoisotopic (exact) mass is 390 g/mol. The third kappa shape index (κ3) is 4.91. The van der Waals surface area contributed by atoms with E-state index in [9.17, 15) is 0 Å². The van der Waals surface area contributed by atoms with Gasteiger partial charge < -0.3 is 19.9 Å². The molecule has 1 saturated heterocycles. The second-order valence-electron chi connectivity index (χ2n) is 7.46. The van der Waals surface area contributed by atoms with Crippen molar-refractivity contribution in [3.05, 3.63) is 66.4 Å². The summed E-state index contributed by atoms with van der Waals surface area (Å²) in [7, 11) is 0. The fourth-order valence-corrected chi connectivity index (χ4v) is 3.92. The summed E-state index contributed by atoms with van der Waals surface area (Å²) in [5.41, 5.74) is 2.52. The molecule has 4 rings (SSSR count). The SMILES string of the molecule is CCNC(=NCCc1c[nH]c2ccccc12)N1CCC(Oc2ccccc2)CC1. The number of aromatic amines is 1. The Kier molecular flexibility index (Phi) is 6.35. The Balaban J connectivity index is 1.32. The lowest BCUT2D eigenvalue weighted by Crippen LogP contribution is -2.47. The van der Waals surface area contributed by atoms with Gasteiger partial charge >= 0.3 is 0 Å². The lowest BCUT2D eigenvalue weighted by molar-refractivity contribution is 0.129. The maximum absolute atomic E-state index is 6.12. The van der Waals surface area contributed by atoms with Gasteiger partial charge in [-0.3, -0.25) is 4.99 Å². The first-order valence-electron chi connectivity index (χ1n) is 10.6. The van der Waals surface area contributed by atoms with Crippen LogP contribution >= 0.6 is 0 Å². The molecule has 0 unspecified atom stereocenters. The lowest BCUT2D eigenvalue weighted by atomic mass is 10.1. The molecule has 2 N–H and O–H groups in total. The molecule has 0 saturated carbocycles. The second kappa shape index (κ2) is 9.50. The molecule has 0 radical (unpaired) electrons. The van der Waals surface area contributed by atoms with Crippen molar-refractivity contribution in [3.63, 3.8) is 0 Å². The summed E-state index contributed by atoms with van der Waals surface area (Å²) in [5.74, 6) is 1.98. The first-order valence-corrected chi connectivity index (χ1v) is 10.6. The molecule has 1 aliphatic heterocycles. The van der Waals surface area contributed by atoms with Gasteiger partial charge in [-0.15, -0.1) is 0 Å². The number of hydrogen-bond acceptors (Lipinski definition) is 2. The van der Waals surface area contributed by atoms with Gasteiger partial charge in [0.2, 0.25) is 0 Å². The van der Waals surface area contributed by atoms with Gasteiger partial charge in [0.15, 0.2) is 5.96 Å². The average molecular weight is 391 g/mol. The van der Waals surface area contributed by atoms with E-state index >= 15 is 0 Å². The Morgan fingerprint density at radius 2 is 1.86 bits per heavy atom. The Morgan fingerprint density at radius 1 is 1.10 bits per heavy atom. The molecule has 5 nitrogen and oxygen atoms in total. The van der Waals surface area contributed by atoms with Gasteiger partial charge in [0.05, 0.1) is 0 Å². The minimum Gasteiger partial charge on any atom is -0.490 e. The highest BCUT2D eigenvalue weighted by Gasteiger charge is 2.22. The molecule has 29 heavy (non-hydrogen) atoms. The van der Waals surface area contributed by atoms with Gasteiger partial charge in [-0.1, -0.05) is 36.4 Å². The fraction of sp³-hybridized carbons (Fsp3) is 0.375. The van der Waals surface area contributed by atoms with Crippen LogP contribution in [0.1, 0.15) is 25.3 Å². The van der Waals surface area contributed by atoms with Crippen molar-refractivity contribution >= 4 is 16.9 Å². The molecule has 0 aliphatic carbocycles. The first-order chi connectivity index (χ1) is 14.3. The Bertz CT molecular complexity index is 926. The molecule has 1 aromatic heterocycles. The van der Waals surface area contributed by atoms with Crippen LogP contribution in [0.2, 0.25) is 0 Å². The number of aliphatic imine (C=N–C) groups is 1. The second-order valence-corrected chi connectivity index (χ2v) is 7.46. The topological polar surface area (TPSA) is 52.7 Å². The highest BCUT2D eigenvalue weighted by molar-refractivity contribution is 5.83. The van der Waals surface area contributed by atoms with Crippen molar-refractivity contribution in [1.29, 1.82) is 0 Å². The van der Waals surface area contributed by atoms with Gasteiger partial charge in [-0.05, 0) is 37.1 Å². The molecule has 1 fully saturated rings. The number of likely N-dealkylation sites (tertiary alicyclic amines) is 1. The number of rotatable bonds is 6. The Morgan fingerprint density at radius 3 is 2.66 bits per heavy atom. The summed E-state index contributed by atoms with van der Waals surface area (Å²) in [4.78, 5) is 10.6. The van der Waals surface area contributed by atoms with Crippen LogP contribution in [-0.2, 0) is 6.42 Å². The largest absolute Gasteiger partial charge is 0.490 e. The molecule has 1 aliphatic rings. The van der Waals surface area contributed by atoms with E-state index in [0.717, 1.165) is 57.2 Å². The molecule has 0 atom stereocenters. The van der Waals surface area contributed by atoms with Gasteiger partial charge in [0.1, 0.15) is 11.9 Å². The summed E-state index contributed by atoms with van der Waals surface area (Å²) in [5, 5.41) is 4.76. The van der Waals surface area contributed by atoms with Crippen molar-refractivity contribution in [2.45, 2.75) is 32.3 Å². The number of fused-ring (bicyclic) bond motifs is 1. The van der Waals surface area contributed by atoms with E-state index < -0.39 is 0 Å². The number of H-pyrrole nitrogens is 1. The fourth-order valence-electron chi connectivity index (χ4n) is 3.92. The van der Waals surface area contributed by atoms with Crippen LogP contribution < -0.4 is 10.1 Å². The summed E-state index contributed by atoms with van der Waals surface area (Å²) in [6.45, 7) is 5.73. The first kappa shape index (κ1) is 19.4. The number of aromatic nitrogens is 1. The van der Waals surface area contributed by atoms with Crippen molar-refractivity contribution in [3.8, 4) is 5.75 Å². The highest BCUT2D eigenvalue weighted by atomic mass is 16.5. The van der Waals surface area contributed by atoms with E-state index in [-0.39, 0.29) is 6.10 Å². The summed E-state index contributed by atoms with van der Waals surface area (Å²) >= 11 is 0. The molecule has 3 aromatic rings. The van der Waals surface area contributed by atoms with Crippen molar-refractivity contribution in [2.24, 2.45) is 4.99 Å². The molecule has 0 amide bonds. The molecular formula is C24H30N4O. The number of benzene rings is 2. The predicted molar refractivity (Wildman–Crippen MR) is 120 cm³/mol. The van der Waals surface area contributed by atoms with E-state index in [1.807, 2.05) is 30.3 Å². The van der Waals surface area contributed by atoms with Crippen molar-refractivity contribution in [1.82, 2.24) is 15.2 Å². The highest BCUT2D eigenvalue weighted by Crippen LogP contribution is 2.20. The van der Waals surface area contributed by atoms with Crippen LogP contribution in [0.4, 0.5) is 0 Å². The molecule has 5 heteroatoms. The zero-order valence-electron chi connectivity index (χ0n) is 17.1. The normalized spacial score (nSPS) is 15.6. The predicted octanol–water partition coefficient (Wildman–Crippen LogP) is 4.22. The number of guanidine groups is 1. The molecule has 0 bridgehead atoms. The van der Waals surface area contributed by atoms with E-state index in [0.29, 0.717) is 0 Å². The molecule has 2 aromatic carbocycles. The van der Waals surface area contributed by atoms with Crippen LogP contribution in [0.5, 0.6) is 5.75 Å². The van der Waals surface area contributed by atoms with Gasteiger partial charge in [0.25, 0.3) is 0 Å². The molecule has 2 heterocycles. The van der Waals surface area contributed by atoms with E-state index in [4.69, 9.17) is 9.73 Å². The number of ether oxygens (including phenoxy) is 1. The van der Waals surface area contributed by atoms with Gasteiger partial charge in [-0.25, -0.2) is 0 Å². The van der Waals surface area contributed by atoms with Crippen molar-refractivity contribution < 1.29 is 4.74 Å². The maximum atomic E-state index is 6.12. The summed E-state index contributed by atoms with van der Waals surface area (Å²) in [6.07, 6.45) is 5.36. The third-order valence-electron chi connectivity index (χ3n) is 5.44. The van der Waals surface area contributed by atoms with Crippen LogP contribution in [0.25, 0.3) is 10.9 Å². The summed E-state index contributed by atoms with van der Waals surface area (Å²) < 4.78 is 6.12. The number of para-hydroxylation sites is 2. The van der Waals surface area contributed by atoms with Crippen LogP contribution in [-0.4, -0.2) is 48.1 Å².